The number of rotatable bonds is 2. The Morgan fingerprint density at radius 2 is 2.26 bits per heavy atom. The van der Waals surface area contributed by atoms with Crippen LogP contribution in [-0.4, -0.2) is 31.2 Å². The predicted octanol–water partition coefficient (Wildman–Crippen LogP) is 2.97. The summed E-state index contributed by atoms with van der Waals surface area (Å²) < 4.78 is 6.37. The summed E-state index contributed by atoms with van der Waals surface area (Å²) in [5, 5.41) is 11.1. The highest BCUT2D eigenvalue weighted by Crippen LogP contribution is 2.42. The maximum atomic E-state index is 11.1. The molecule has 2 aliphatic rings. The Morgan fingerprint density at radius 1 is 1.42 bits per heavy atom. The zero-order chi connectivity index (χ0) is 13.5. The zero-order valence-electron chi connectivity index (χ0n) is 10.5. The third-order valence-electron chi connectivity index (χ3n) is 4.10. The molecule has 2 heterocycles. The zero-order valence-corrected chi connectivity index (χ0v) is 12.1. The minimum atomic E-state index is -0.308. The number of hydrogen-bond donors (Lipinski definition) is 0. The number of benzene rings is 1. The molecule has 19 heavy (non-hydrogen) atoms. The van der Waals surface area contributed by atoms with Gasteiger partial charge < -0.3 is 9.64 Å². The van der Waals surface area contributed by atoms with E-state index in [9.17, 15) is 10.1 Å². The summed E-state index contributed by atoms with van der Waals surface area (Å²) in [4.78, 5) is 13.0. The summed E-state index contributed by atoms with van der Waals surface area (Å²) in [6.45, 7) is 3.31. The van der Waals surface area contributed by atoms with Gasteiger partial charge in [-0.25, -0.2) is 0 Å². The molecule has 1 atom stereocenters. The van der Waals surface area contributed by atoms with Gasteiger partial charge in [0.1, 0.15) is 5.69 Å². The van der Waals surface area contributed by atoms with Crippen LogP contribution in [0.1, 0.15) is 12.8 Å². The Kier molecular flexibility index (Phi) is 3.22. The van der Waals surface area contributed by atoms with Crippen molar-refractivity contribution in [2.45, 2.75) is 12.8 Å². The summed E-state index contributed by atoms with van der Waals surface area (Å²) >= 11 is 3.39. The maximum absolute atomic E-state index is 11.1. The van der Waals surface area contributed by atoms with E-state index < -0.39 is 0 Å². The molecule has 0 radical (unpaired) electrons. The molecule has 0 aromatic heterocycles. The minimum absolute atomic E-state index is 0.180. The molecular formula is C13H15BrN2O3. The molecule has 1 aromatic carbocycles. The van der Waals surface area contributed by atoms with Crippen molar-refractivity contribution in [3.63, 3.8) is 0 Å². The summed E-state index contributed by atoms with van der Waals surface area (Å²) in [7, 11) is 0. The molecule has 0 N–H and O–H groups in total. The van der Waals surface area contributed by atoms with Crippen LogP contribution in [0.4, 0.5) is 11.4 Å². The molecule has 5 nitrogen and oxygen atoms in total. The Bertz CT molecular complexity index is 515. The van der Waals surface area contributed by atoms with E-state index in [1.54, 1.807) is 12.1 Å². The average Bonchev–Trinajstić information content (AvgIpc) is 3.00. The van der Waals surface area contributed by atoms with E-state index >= 15 is 0 Å². The van der Waals surface area contributed by atoms with Crippen molar-refractivity contribution in [3.8, 4) is 0 Å². The molecule has 1 spiro atoms. The molecular weight excluding hydrogens is 312 g/mol. The van der Waals surface area contributed by atoms with Crippen molar-refractivity contribution in [3.05, 3.63) is 32.8 Å². The molecule has 6 heteroatoms. The van der Waals surface area contributed by atoms with Crippen LogP contribution in [0, 0.1) is 15.5 Å². The first-order chi connectivity index (χ1) is 9.10. The smallest absolute Gasteiger partial charge is 0.292 e. The lowest BCUT2D eigenvalue weighted by atomic mass is 9.87. The first kappa shape index (κ1) is 12.9. The van der Waals surface area contributed by atoms with Crippen molar-refractivity contribution in [2.75, 3.05) is 31.2 Å². The summed E-state index contributed by atoms with van der Waals surface area (Å²) in [6, 6.07) is 5.12. The van der Waals surface area contributed by atoms with Crippen LogP contribution in [0.15, 0.2) is 22.7 Å². The van der Waals surface area contributed by atoms with Gasteiger partial charge in [0, 0.05) is 35.7 Å². The first-order valence-electron chi connectivity index (χ1n) is 6.36. The highest BCUT2D eigenvalue weighted by molar-refractivity contribution is 9.10. The first-order valence-corrected chi connectivity index (χ1v) is 7.16. The van der Waals surface area contributed by atoms with Gasteiger partial charge in [-0.05, 0) is 25.0 Å². The molecule has 0 unspecified atom stereocenters. The summed E-state index contributed by atoms with van der Waals surface area (Å²) in [5.41, 5.74) is 1.10. The maximum Gasteiger partial charge on any atom is 0.292 e. The topological polar surface area (TPSA) is 55.6 Å². The largest absolute Gasteiger partial charge is 0.381 e. The van der Waals surface area contributed by atoms with Gasteiger partial charge in [-0.1, -0.05) is 15.9 Å². The summed E-state index contributed by atoms with van der Waals surface area (Å²) in [6.07, 6.45) is 2.11. The SMILES string of the molecule is O=[N+]([O-])c1ccc(Br)cc1N1CC[C@@]2(CCOC2)C1. The molecule has 2 saturated heterocycles. The predicted molar refractivity (Wildman–Crippen MR) is 75.5 cm³/mol. The lowest BCUT2D eigenvalue weighted by Crippen LogP contribution is -2.27. The fraction of sp³-hybridized carbons (Fsp3) is 0.538. The van der Waals surface area contributed by atoms with Crippen molar-refractivity contribution >= 4 is 27.3 Å². The second-order valence-electron chi connectivity index (χ2n) is 5.36. The highest BCUT2D eigenvalue weighted by Gasteiger charge is 2.42. The van der Waals surface area contributed by atoms with E-state index in [0.29, 0.717) is 5.69 Å². The van der Waals surface area contributed by atoms with Crippen LogP contribution < -0.4 is 4.90 Å². The van der Waals surface area contributed by atoms with Crippen molar-refractivity contribution in [1.29, 1.82) is 0 Å². The quantitative estimate of drug-likeness (QED) is 0.619. The lowest BCUT2D eigenvalue weighted by Gasteiger charge is -2.23. The Labute approximate surface area is 119 Å². The Morgan fingerprint density at radius 3 is 2.95 bits per heavy atom. The lowest BCUT2D eigenvalue weighted by molar-refractivity contribution is -0.384. The van der Waals surface area contributed by atoms with Gasteiger partial charge in [-0.3, -0.25) is 10.1 Å². The van der Waals surface area contributed by atoms with Crippen LogP contribution in [0.2, 0.25) is 0 Å². The molecule has 2 aliphatic heterocycles. The van der Waals surface area contributed by atoms with Gasteiger partial charge in [0.2, 0.25) is 0 Å². The standard InChI is InChI=1S/C13H15BrN2O3/c14-10-1-2-11(16(17)18)12(7-10)15-5-3-13(8-15)4-6-19-9-13/h1-2,7H,3-6,8-9H2/t13-/m1/s1. The van der Waals surface area contributed by atoms with Gasteiger partial charge in [-0.15, -0.1) is 0 Å². The van der Waals surface area contributed by atoms with Crippen LogP contribution in [-0.2, 0) is 4.74 Å². The third-order valence-corrected chi connectivity index (χ3v) is 4.59. The normalized spacial score (nSPS) is 26.3. The van der Waals surface area contributed by atoms with Crippen molar-refractivity contribution in [2.24, 2.45) is 5.41 Å². The van der Waals surface area contributed by atoms with E-state index in [0.717, 1.165) is 43.6 Å². The summed E-state index contributed by atoms with van der Waals surface area (Å²) in [5.74, 6) is 0. The Hall–Kier alpha value is -1.14. The van der Waals surface area contributed by atoms with E-state index in [-0.39, 0.29) is 16.0 Å². The number of hydrogen-bond acceptors (Lipinski definition) is 4. The number of halogens is 1. The minimum Gasteiger partial charge on any atom is -0.381 e. The number of nitro benzene ring substituents is 1. The molecule has 0 aliphatic carbocycles. The van der Waals surface area contributed by atoms with Crippen molar-refractivity contribution in [1.82, 2.24) is 0 Å². The van der Waals surface area contributed by atoms with Crippen LogP contribution in [0.3, 0.4) is 0 Å². The second kappa shape index (κ2) is 4.76. The van der Waals surface area contributed by atoms with Crippen LogP contribution in [0.5, 0.6) is 0 Å². The number of nitrogens with zero attached hydrogens (tertiary/aromatic N) is 2. The van der Waals surface area contributed by atoms with E-state index in [2.05, 4.69) is 20.8 Å². The third kappa shape index (κ3) is 2.34. The van der Waals surface area contributed by atoms with E-state index in [1.165, 1.54) is 0 Å². The van der Waals surface area contributed by atoms with Gasteiger partial charge >= 0.3 is 0 Å². The van der Waals surface area contributed by atoms with Crippen LogP contribution >= 0.6 is 15.9 Å². The van der Waals surface area contributed by atoms with Gasteiger partial charge in [0.25, 0.3) is 5.69 Å². The number of anilines is 1. The van der Waals surface area contributed by atoms with E-state index in [1.807, 2.05) is 6.07 Å². The second-order valence-corrected chi connectivity index (χ2v) is 6.28. The van der Waals surface area contributed by atoms with Gasteiger partial charge in [0.15, 0.2) is 0 Å². The molecule has 1 aromatic rings. The highest BCUT2D eigenvalue weighted by atomic mass is 79.9. The van der Waals surface area contributed by atoms with Crippen molar-refractivity contribution < 1.29 is 9.66 Å². The van der Waals surface area contributed by atoms with Gasteiger partial charge in [-0.2, -0.15) is 0 Å². The molecule has 0 bridgehead atoms. The molecule has 3 rings (SSSR count). The van der Waals surface area contributed by atoms with E-state index in [4.69, 9.17) is 4.74 Å². The molecule has 2 fully saturated rings. The number of nitro groups is 1. The van der Waals surface area contributed by atoms with Gasteiger partial charge in [0.05, 0.1) is 11.5 Å². The molecule has 0 amide bonds. The molecule has 0 saturated carbocycles. The van der Waals surface area contributed by atoms with Crippen LogP contribution in [0.25, 0.3) is 0 Å². The molecule has 102 valence electrons. The monoisotopic (exact) mass is 326 g/mol. The fourth-order valence-corrected chi connectivity index (χ4v) is 3.37. The number of ether oxygens (including phenoxy) is 1. The average molecular weight is 327 g/mol. The Balaban J connectivity index is 1.90. The fourth-order valence-electron chi connectivity index (χ4n) is 3.02.